The molecule has 1 fully saturated rings. The number of nitrogens with one attached hydrogen (secondary N) is 2. The summed E-state index contributed by atoms with van der Waals surface area (Å²) < 4.78 is 24.8. The number of hydrogen-bond donors (Lipinski definition) is 2. The van der Waals surface area contributed by atoms with Gasteiger partial charge in [-0.05, 0) is 26.8 Å². The zero-order valence-corrected chi connectivity index (χ0v) is 11.4. The van der Waals surface area contributed by atoms with Gasteiger partial charge in [0.2, 0.25) is 15.9 Å². The van der Waals surface area contributed by atoms with E-state index in [9.17, 15) is 13.2 Å². The summed E-state index contributed by atoms with van der Waals surface area (Å²) in [6, 6.07) is -0.390. The first-order valence-electron chi connectivity index (χ1n) is 5.77. The van der Waals surface area contributed by atoms with Crippen molar-refractivity contribution < 1.29 is 13.2 Å². The Morgan fingerprint density at radius 2 is 2.12 bits per heavy atom. The molecule has 6 nitrogen and oxygen atoms in total. The Bertz CT molecular complexity index is 369. The van der Waals surface area contributed by atoms with Gasteiger partial charge in [0.15, 0.2) is 0 Å². The fraction of sp³-hybridized carbons (Fsp3) is 0.900. The number of likely N-dealkylation sites (tertiary alicyclic amines) is 1. The summed E-state index contributed by atoms with van der Waals surface area (Å²) >= 11 is 0. The molecule has 1 aliphatic heterocycles. The molecule has 1 rings (SSSR count). The van der Waals surface area contributed by atoms with E-state index < -0.39 is 10.0 Å². The van der Waals surface area contributed by atoms with Crippen LogP contribution in [0.25, 0.3) is 0 Å². The Morgan fingerprint density at radius 1 is 1.47 bits per heavy atom. The molecule has 0 aromatic carbocycles. The van der Waals surface area contributed by atoms with Gasteiger partial charge in [0, 0.05) is 19.1 Å². The van der Waals surface area contributed by atoms with Crippen molar-refractivity contribution in [3.05, 3.63) is 0 Å². The Hall–Kier alpha value is -0.660. The number of hydrogen-bond acceptors (Lipinski definition) is 4. The fourth-order valence-electron chi connectivity index (χ4n) is 1.97. The third-order valence-corrected chi connectivity index (χ3v) is 3.68. The summed E-state index contributed by atoms with van der Waals surface area (Å²) in [5.41, 5.74) is 0. The molecule has 2 unspecified atom stereocenters. The summed E-state index contributed by atoms with van der Waals surface area (Å²) in [5, 5.41) is 2.90. The number of sulfonamides is 1. The maximum Gasteiger partial charge on any atom is 0.239 e. The number of carbonyl (C=O) groups excluding carboxylic acids is 1. The minimum atomic E-state index is -3.20. The second kappa shape index (κ2) is 5.79. The van der Waals surface area contributed by atoms with Crippen LogP contribution in [0, 0.1) is 0 Å². The van der Waals surface area contributed by atoms with Gasteiger partial charge in [-0.25, -0.2) is 13.1 Å². The van der Waals surface area contributed by atoms with Crippen molar-refractivity contribution in [2.75, 3.05) is 26.4 Å². The Kier molecular flexibility index (Phi) is 4.91. The van der Waals surface area contributed by atoms with Crippen LogP contribution < -0.4 is 10.0 Å². The van der Waals surface area contributed by atoms with Gasteiger partial charge in [-0.15, -0.1) is 0 Å². The van der Waals surface area contributed by atoms with E-state index in [0.717, 1.165) is 19.1 Å². The molecule has 0 radical (unpaired) electrons. The summed E-state index contributed by atoms with van der Waals surface area (Å²) in [5.74, 6) is 0.0208. The van der Waals surface area contributed by atoms with E-state index in [1.165, 1.54) is 0 Å². The first kappa shape index (κ1) is 14.4. The van der Waals surface area contributed by atoms with Crippen molar-refractivity contribution in [2.45, 2.75) is 31.8 Å². The van der Waals surface area contributed by atoms with E-state index in [-0.39, 0.29) is 18.0 Å². The maximum absolute atomic E-state index is 11.9. The Balaban J connectivity index is 2.57. The average molecular weight is 263 g/mol. The predicted molar refractivity (Wildman–Crippen MR) is 66.1 cm³/mol. The SMILES string of the molecule is CNC(C)C(=O)N1CCCC(NS(C)(=O)=O)C1. The summed E-state index contributed by atoms with van der Waals surface area (Å²) in [4.78, 5) is 13.6. The molecule has 7 heteroatoms. The van der Waals surface area contributed by atoms with Crippen molar-refractivity contribution >= 4 is 15.9 Å². The quantitative estimate of drug-likeness (QED) is 0.691. The lowest BCUT2D eigenvalue weighted by atomic mass is 10.1. The molecule has 2 N–H and O–H groups in total. The highest BCUT2D eigenvalue weighted by Gasteiger charge is 2.27. The van der Waals surface area contributed by atoms with E-state index in [4.69, 9.17) is 0 Å². The standard InChI is InChI=1S/C10H21N3O3S/c1-8(11-2)10(14)13-6-4-5-9(7-13)12-17(3,15)16/h8-9,11-12H,4-7H2,1-3H3. The first-order valence-corrected chi connectivity index (χ1v) is 7.66. The highest BCUT2D eigenvalue weighted by atomic mass is 32.2. The van der Waals surface area contributed by atoms with Crippen molar-refractivity contribution in [1.82, 2.24) is 14.9 Å². The molecule has 1 aliphatic rings. The lowest BCUT2D eigenvalue weighted by molar-refractivity contribution is -0.134. The van der Waals surface area contributed by atoms with Crippen LogP contribution in [0.1, 0.15) is 19.8 Å². The monoisotopic (exact) mass is 263 g/mol. The Labute approximate surface area is 103 Å². The second-order valence-electron chi connectivity index (χ2n) is 4.52. The van der Waals surface area contributed by atoms with Gasteiger partial charge in [0.1, 0.15) is 0 Å². The number of likely N-dealkylation sites (N-methyl/N-ethyl adjacent to an activating group) is 1. The highest BCUT2D eigenvalue weighted by Crippen LogP contribution is 2.11. The average Bonchev–Trinajstić information content (AvgIpc) is 2.25. The van der Waals surface area contributed by atoms with Gasteiger partial charge in [0.05, 0.1) is 12.3 Å². The number of nitrogens with zero attached hydrogens (tertiary/aromatic N) is 1. The topological polar surface area (TPSA) is 78.5 Å². The molecular weight excluding hydrogens is 242 g/mol. The molecule has 1 heterocycles. The lowest BCUT2D eigenvalue weighted by Gasteiger charge is -2.34. The summed E-state index contributed by atoms with van der Waals surface area (Å²) in [6.45, 7) is 2.96. The van der Waals surface area contributed by atoms with E-state index >= 15 is 0 Å². The van der Waals surface area contributed by atoms with Gasteiger partial charge < -0.3 is 10.2 Å². The van der Waals surface area contributed by atoms with Crippen LogP contribution in [0.5, 0.6) is 0 Å². The third kappa shape index (κ3) is 4.61. The minimum Gasteiger partial charge on any atom is -0.340 e. The van der Waals surface area contributed by atoms with E-state index in [2.05, 4.69) is 10.0 Å². The number of carbonyl (C=O) groups is 1. The van der Waals surface area contributed by atoms with Crippen LogP contribution >= 0.6 is 0 Å². The molecule has 2 atom stereocenters. The molecule has 1 amide bonds. The number of amides is 1. The predicted octanol–water partition coefficient (Wildman–Crippen LogP) is -0.865. The normalized spacial score (nSPS) is 23.5. The Morgan fingerprint density at radius 3 is 2.65 bits per heavy atom. The van der Waals surface area contributed by atoms with Gasteiger partial charge in [-0.2, -0.15) is 0 Å². The molecule has 100 valence electrons. The van der Waals surface area contributed by atoms with Crippen molar-refractivity contribution in [3.8, 4) is 0 Å². The molecule has 0 aromatic heterocycles. The summed E-state index contributed by atoms with van der Waals surface area (Å²) in [7, 11) is -1.47. The maximum atomic E-state index is 11.9. The number of piperidine rings is 1. The van der Waals surface area contributed by atoms with Crippen LogP contribution in [-0.2, 0) is 14.8 Å². The molecule has 1 saturated heterocycles. The molecule has 17 heavy (non-hydrogen) atoms. The summed E-state index contributed by atoms with van der Waals surface area (Å²) in [6.07, 6.45) is 2.75. The smallest absolute Gasteiger partial charge is 0.239 e. The number of rotatable bonds is 4. The van der Waals surface area contributed by atoms with Crippen LogP contribution in [0.2, 0.25) is 0 Å². The van der Waals surface area contributed by atoms with Crippen molar-refractivity contribution in [2.24, 2.45) is 0 Å². The lowest BCUT2D eigenvalue weighted by Crippen LogP contribution is -2.53. The molecule has 0 spiro atoms. The van der Waals surface area contributed by atoms with E-state index in [1.54, 1.807) is 18.9 Å². The molecular formula is C10H21N3O3S. The molecule has 0 aliphatic carbocycles. The van der Waals surface area contributed by atoms with Gasteiger partial charge in [-0.3, -0.25) is 4.79 Å². The van der Waals surface area contributed by atoms with Crippen molar-refractivity contribution in [1.29, 1.82) is 0 Å². The van der Waals surface area contributed by atoms with Crippen LogP contribution in [0.3, 0.4) is 0 Å². The largest absolute Gasteiger partial charge is 0.340 e. The van der Waals surface area contributed by atoms with Crippen LogP contribution in [0.15, 0.2) is 0 Å². The van der Waals surface area contributed by atoms with E-state index in [0.29, 0.717) is 13.1 Å². The van der Waals surface area contributed by atoms with Gasteiger partial charge in [0.25, 0.3) is 0 Å². The fourth-order valence-corrected chi connectivity index (χ4v) is 2.77. The van der Waals surface area contributed by atoms with Crippen LogP contribution in [0.4, 0.5) is 0 Å². The minimum absolute atomic E-state index is 0.0208. The van der Waals surface area contributed by atoms with Crippen LogP contribution in [-0.4, -0.2) is 57.7 Å². The highest BCUT2D eigenvalue weighted by molar-refractivity contribution is 7.88. The second-order valence-corrected chi connectivity index (χ2v) is 6.30. The van der Waals surface area contributed by atoms with Crippen molar-refractivity contribution in [3.63, 3.8) is 0 Å². The van der Waals surface area contributed by atoms with E-state index in [1.807, 2.05) is 0 Å². The molecule has 0 aromatic rings. The zero-order valence-electron chi connectivity index (χ0n) is 10.6. The van der Waals surface area contributed by atoms with Gasteiger partial charge >= 0.3 is 0 Å². The zero-order chi connectivity index (χ0) is 13.1. The first-order chi connectivity index (χ1) is 7.83. The molecule has 0 bridgehead atoms. The molecule has 0 saturated carbocycles. The van der Waals surface area contributed by atoms with Gasteiger partial charge in [-0.1, -0.05) is 0 Å². The third-order valence-electron chi connectivity index (χ3n) is 2.92.